The van der Waals surface area contributed by atoms with Crippen LogP contribution in [0.3, 0.4) is 0 Å². The van der Waals surface area contributed by atoms with Crippen LogP contribution in [0.4, 0.5) is 20.4 Å². The molecular weight excluding hydrogens is 384 g/mol. The molecule has 4 heterocycles. The zero-order valence-electron chi connectivity index (χ0n) is 15.9. The lowest BCUT2D eigenvalue weighted by Gasteiger charge is -2.26. The summed E-state index contributed by atoms with van der Waals surface area (Å²) in [6, 6.07) is 3.14. The van der Waals surface area contributed by atoms with Crippen molar-refractivity contribution in [2.45, 2.75) is 19.8 Å². The number of nitrogens with one attached hydrogen (secondary N) is 1. The Morgan fingerprint density at radius 3 is 2.72 bits per heavy atom. The van der Waals surface area contributed by atoms with Crippen molar-refractivity contribution in [1.82, 2.24) is 24.7 Å². The van der Waals surface area contributed by atoms with E-state index in [1.807, 2.05) is 4.90 Å². The quantitative estimate of drug-likeness (QED) is 0.712. The number of alkyl halides is 2. The number of fused-ring (bicyclic) bond motifs is 1. The van der Waals surface area contributed by atoms with Crippen molar-refractivity contribution in [3.8, 4) is 5.82 Å². The van der Waals surface area contributed by atoms with Gasteiger partial charge in [-0.25, -0.2) is 19.6 Å². The van der Waals surface area contributed by atoms with E-state index in [0.717, 1.165) is 6.92 Å². The van der Waals surface area contributed by atoms with Crippen LogP contribution in [0, 0.1) is 0 Å². The van der Waals surface area contributed by atoms with Gasteiger partial charge in [-0.3, -0.25) is 4.79 Å². The summed E-state index contributed by atoms with van der Waals surface area (Å²) in [5.41, 5.74) is 0.578. The van der Waals surface area contributed by atoms with Crippen LogP contribution < -0.4 is 10.2 Å². The van der Waals surface area contributed by atoms with Gasteiger partial charge in [-0.05, 0) is 0 Å². The first kappa shape index (κ1) is 19.1. The monoisotopic (exact) mass is 403 g/mol. The average Bonchev–Trinajstić information content (AvgIpc) is 3.06. The third-order valence-corrected chi connectivity index (χ3v) is 4.41. The maximum atomic E-state index is 13.7. The molecule has 0 aliphatic carbocycles. The van der Waals surface area contributed by atoms with Gasteiger partial charge >= 0.3 is 5.92 Å². The molecule has 0 atom stereocenters. The number of aromatic nitrogens is 5. The summed E-state index contributed by atoms with van der Waals surface area (Å²) in [6.07, 6.45) is 2.87. The lowest BCUT2D eigenvalue weighted by Crippen LogP contribution is -2.36. The van der Waals surface area contributed by atoms with E-state index >= 15 is 0 Å². The number of anilines is 2. The van der Waals surface area contributed by atoms with E-state index in [1.165, 1.54) is 23.9 Å². The average molecular weight is 403 g/mol. The summed E-state index contributed by atoms with van der Waals surface area (Å²) in [7, 11) is 0. The van der Waals surface area contributed by atoms with Gasteiger partial charge in [0.15, 0.2) is 11.6 Å². The maximum absolute atomic E-state index is 13.7. The number of halogens is 2. The van der Waals surface area contributed by atoms with Crippen molar-refractivity contribution >= 4 is 28.4 Å². The van der Waals surface area contributed by atoms with E-state index < -0.39 is 11.7 Å². The molecule has 9 nitrogen and oxygen atoms in total. The SMILES string of the molecule is CC(=O)Nc1cc2c(cn1)c(N1CCOCC1)nn2-c1ccnc(C(C)(F)F)n1. The lowest BCUT2D eigenvalue weighted by molar-refractivity contribution is -0.114. The van der Waals surface area contributed by atoms with E-state index in [9.17, 15) is 13.6 Å². The summed E-state index contributed by atoms with van der Waals surface area (Å²) >= 11 is 0. The Morgan fingerprint density at radius 2 is 2.03 bits per heavy atom. The molecule has 1 amide bonds. The van der Waals surface area contributed by atoms with Crippen molar-refractivity contribution in [2.75, 3.05) is 36.5 Å². The fourth-order valence-corrected chi connectivity index (χ4v) is 3.11. The number of hydrogen-bond donors (Lipinski definition) is 1. The third kappa shape index (κ3) is 3.86. The number of pyridine rings is 1. The fourth-order valence-electron chi connectivity index (χ4n) is 3.11. The second-order valence-corrected chi connectivity index (χ2v) is 6.73. The van der Waals surface area contributed by atoms with Crippen LogP contribution in [0.5, 0.6) is 0 Å². The Labute approximate surface area is 164 Å². The molecule has 0 aromatic carbocycles. The Balaban J connectivity index is 1.88. The van der Waals surface area contributed by atoms with Gasteiger partial charge in [0.1, 0.15) is 5.82 Å². The number of morpholine rings is 1. The van der Waals surface area contributed by atoms with Crippen LogP contribution in [0.1, 0.15) is 19.7 Å². The number of ether oxygens (including phenoxy) is 1. The van der Waals surface area contributed by atoms with Crippen LogP contribution >= 0.6 is 0 Å². The largest absolute Gasteiger partial charge is 0.378 e. The summed E-state index contributed by atoms with van der Waals surface area (Å²) in [5, 5.41) is 7.96. The number of carbonyl (C=O) groups excluding carboxylic acids is 1. The second-order valence-electron chi connectivity index (χ2n) is 6.73. The Hall–Kier alpha value is -3.21. The zero-order chi connectivity index (χ0) is 20.6. The molecule has 1 saturated heterocycles. The normalized spacial score (nSPS) is 15.0. The molecule has 152 valence electrons. The minimum absolute atomic E-state index is 0.195. The van der Waals surface area contributed by atoms with E-state index in [0.29, 0.717) is 48.8 Å². The van der Waals surface area contributed by atoms with Crippen molar-refractivity contribution in [1.29, 1.82) is 0 Å². The molecule has 1 aliphatic heterocycles. The van der Waals surface area contributed by atoms with E-state index in [1.54, 1.807) is 12.3 Å². The standard InChI is InChI=1S/C18H19F2N7O2/c1-11(28)23-14-9-13-12(10-22-14)16(26-5-7-29-8-6-26)25-27(13)15-3-4-21-17(24-15)18(2,19)20/h3-4,9-10H,5-8H2,1-2H3,(H,22,23,28). The highest BCUT2D eigenvalue weighted by Crippen LogP contribution is 2.30. The summed E-state index contributed by atoms with van der Waals surface area (Å²) in [4.78, 5) is 25.4. The number of hydrogen-bond acceptors (Lipinski definition) is 7. The van der Waals surface area contributed by atoms with Crippen molar-refractivity contribution in [3.05, 3.63) is 30.4 Å². The highest BCUT2D eigenvalue weighted by Gasteiger charge is 2.29. The second kappa shape index (κ2) is 7.32. The third-order valence-electron chi connectivity index (χ3n) is 4.41. The molecular formula is C18H19F2N7O2. The van der Waals surface area contributed by atoms with Gasteiger partial charge in [0.05, 0.1) is 24.1 Å². The maximum Gasteiger partial charge on any atom is 0.303 e. The highest BCUT2D eigenvalue weighted by atomic mass is 19.3. The van der Waals surface area contributed by atoms with Gasteiger partial charge < -0.3 is 15.0 Å². The molecule has 0 bridgehead atoms. The molecule has 0 saturated carbocycles. The van der Waals surface area contributed by atoms with Gasteiger partial charge in [0.25, 0.3) is 0 Å². The van der Waals surface area contributed by atoms with Gasteiger partial charge in [-0.2, -0.15) is 8.78 Å². The Bertz CT molecular complexity index is 1060. The van der Waals surface area contributed by atoms with Crippen molar-refractivity contribution in [2.24, 2.45) is 0 Å². The molecule has 0 radical (unpaired) electrons. The van der Waals surface area contributed by atoms with Crippen LogP contribution in [-0.4, -0.2) is 56.9 Å². The molecule has 1 aliphatic rings. The van der Waals surface area contributed by atoms with Gasteiger partial charge in [-0.15, -0.1) is 5.10 Å². The van der Waals surface area contributed by atoms with E-state index in [4.69, 9.17) is 4.74 Å². The van der Waals surface area contributed by atoms with Gasteiger partial charge in [0, 0.05) is 51.5 Å². The molecule has 4 rings (SSSR count). The van der Waals surface area contributed by atoms with Crippen molar-refractivity contribution in [3.63, 3.8) is 0 Å². The summed E-state index contributed by atoms with van der Waals surface area (Å²) < 4.78 is 34.3. The first-order valence-electron chi connectivity index (χ1n) is 9.04. The Morgan fingerprint density at radius 1 is 1.28 bits per heavy atom. The minimum Gasteiger partial charge on any atom is -0.378 e. The number of carbonyl (C=O) groups is 1. The molecule has 1 fully saturated rings. The highest BCUT2D eigenvalue weighted by molar-refractivity contribution is 5.95. The predicted octanol–water partition coefficient (Wildman–Crippen LogP) is 2.12. The van der Waals surface area contributed by atoms with Crippen LogP contribution in [-0.2, 0) is 15.5 Å². The van der Waals surface area contributed by atoms with Crippen molar-refractivity contribution < 1.29 is 18.3 Å². The van der Waals surface area contributed by atoms with Crippen LogP contribution in [0.25, 0.3) is 16.7 Å². The van der Waals surface area contributed by atoms with Gasteiger partial charge in [-0.1, -0.05) is 0 Å². The van der Waals surface area contributed by atoms with E-state index in [2.05, 4.69) is 25.4 Å². The first-order chi connectivity index (χ1) is 13.8. The summed E-state index contributed by atoms with van der Waals surface area (Å²) in [6.45, 7) is 4.52. The number of rotatable bonds is 4. The van der Waals surface area contributed by atoms with Crippen LogP contribution in [0.2, 0.25) is 0 Å². The summed E-state index contributed by atoms with van der Waals surface area (Å²) in [5.74, 6) is -2.88. The lowest BCUT2D eigenvalue weighted by atomic mass is 10.2. The smallest absolute Gasteiger partial charge is 0.303 e. The Kier molecular flexibility index (Phi) is 4.82. The predicted molar refractivity (Wildman–Crippen MR) is 101 cm³/mol. The number of nitrogens with zero attached hydrogens (tertiary/aromatic N) is 6. The van der Waals surface area contributed by atoms with E-state index in [-0.39, 0.29) is 11.7 Å². The first-order valence-corrected chi connectivity index (χ1v) is 9.04. The molecule has 0 unspecified atom stereocenters. The number of amides is 1. The topological polar surface area (TPSA) is 98.1 Å². The molecule has 0 spiro atoms. The minimum atomic E-state index is -3.19. The molecule has 29 heavy (non-hydrogen) atoms. The molecule has 1 N–H and O–H groups in total. The van der Waals surface area contributed by atoms with Gasteiger partial charge in [0.2, 0.25) is 11.7 Å². The molecule has 11 heteroatoms. The molecule has 3 aromatic rings. The zero-order valence-corrected chi connectivity index (χ0v) is 15.9. The molecule has 3 aromatic heterocycles. The van der Waals surface area contributed by atoms with Crippen LogP contribution in [0.15, 0.2) is 24.5 Å². The fraction of sp³-hybridized carbons (Fsp3) is 0.389.